The maximum Gasteiger partial charge on any atom is 0.265 e. The zero-order chi connectivity index (χ0) is 19.7. The van der Waals surface area contributed by atoms with E-state index in [0.717, 1.165) is 22.3 Å². The molecule has 1 amide bonds. The zero-order valence-electron chi connectivity index (χ0n) is 14.8. The van der Waals surface area contributed by atoms with E-state index < -0.39 is 10.8 Å². The number of H-pyrrole nitrogens is 1. The number of rotatable bonds is 5. The van der Waals surface area contributed by atoms with Gasteiger partial charge in [-0.1, -0.05) is 42.1 Å². The average molecular weight is 395 g/mol. The predicted molar refractivity (Wildman–Crippen MR) is 107 cm³/mol. The van der Waals surface area contributed by atoms with Crippen molar-refractivity contribution in [3.63, 3.8) is 0 Å². The van der Waals surface area contributed by atoms with Crippen molar-refractivity contribution < 1.29 is 9.18 Å². The molecule has 2 heterocycles. The smallest absolute Gasteiger partial charge is 0.265 e. The number of hydrogen-bond acceptors (Lipinski definition) is 5. The van der Waals surface area contributed by atoms with Gasteiger partial charge in [0.15, 0.2) is 0 Å². The van der Waals surface area contributed by atoms with Gasteiger partial charge in [0.2, 0.25) is 0 Å². The van der Waals surface area contributed by atoms with Crippen molar-refractivity contribution in [1.82, 2.24) is 15.5 Å². The van der Waals surface area contributed by atoms with Crippen molar-refractivity contribution in [2.45, 2.75) is 11.4 Å². The first-order valence-electron chi connectivity index (χ1n) is 8.59. The Morgan fingerprint density at radius 1 is 1.21 bits per heavy atom. The molecule has 6 N–H and O–H groups in total. The van der Waals surface area contributed by atoms with Crippen LogP contribution in [0.25, 0.3) is 11.1 Å². The molecule has 1 atom stereocenters. The predicted octanol–water partition coefficient (Wildman–Crippen LogP) is 2.54. The molecule has 0 radical (unpaired) electrons. The van der Waals surface area contributed by atoms with E-state index in [1.54, 1.807) is 23.9 Å². The lowest BCUT2D eigenvalue weighted by Crippen LogP contribution is -2.39. The Morgan fingerprint density at radius 3 is 2.71 bits per heavy atom. The minimum absolute atomic E-state index is 0.286. The van der Waals surface area contributed by atoms with Crippen LogP contribution in [0.5, 0.6) is 0 Å². The fourth-order valence-electron chi connectivity index (χ4n) is 3.39. The summed E-state index contributed by atoms with van der Waals surface area (Å²) < 4.78 is 14.3. The molecular formula is C20H18FN5OS. The second kappa shape index (κ2) is 7.14. The molecule has 2 aromatic carbocycles. The van der Waals surface area contributed by atoms with Crippen LogP contribution in [0.4, 0.5) is 4.39 Å². The summed E-state index contributed by atoms with van der Waals surface area (Å²) in [6.07, 6.45) is 3.40. The number of carbonyl (C=O) groups is 1. The van der Waals surface area contributed by atoms with E-state index in [9.17, 15) is 9.18 Å². The first-order chi connectivity index (χ1) is 13.5. The van der Waals surface area contributed by atoms with E-state index in [1.165, 1.54) is 23.9 Å². The lowest BCUT2D eigenvalue weighted by molar-refractivity contribution is -0.114. The number of hydrogen-bond donors (Lipinski definition) is 4. The number of carbonyl (C=O) groups excluding carboxylic acids is 1. The maximum atomic E-state index is 14.3. The van der Waals surface area contributed by atoms with Crippen molar-refractivity contribution >= 4 is 17.7 Å². The Morgan fingerprint density at radius 2 is 2.04 bits per heavy atom. The number of aromatic nitrogens is 2. The number of halogens is 1. The number of thioether (sulfide) groups is 1. The Balaban J connectivity index is 1.96. The summed E-state index contributed by atoms with van der Waals surface area (Å²) in [4.78, 5) is 10.9. The van der Waals surface area contributed by atoms with E-state index in [2.05, 4.69) is 15.5 Å². The van der Waals surface area contributed by atoms with Crippen molar-refractivity contribution in [3.8, 4) is 11.1 Å². The first kappa shape index (κ1) is 18.3. The van der Waals surface area contributed by atoms with Crippen molar-refractivity contribution in [1.29, 1.82) is 0 Å². The van der Waals surface area contributed by atoms with Crippen molar-refractivity contribution in [2.24, 2.45) is 11.5 Å². The van der Waals surface area contributed by atoms with E-state index in [0.29, 0.717) is 12.1 Å². The average Bonchev–Trinajstić information content (AvgIpc) is 3.38. The van der Waals surface area contributed by atoms with Gasteiger partial charge in [-0.3, -0.25) is 9.89 Å². The molecule has 142 valence electrons. The zero-order valence-corrected chi connectivity index (χ0v) is 15.6. The molecule has 3 aromatic rings. The van der Waals surface area contributed by atoms with Crippen LogP contribution < -0.4 is 16.8 Å². The minimum atomic E-state index is -0.887. The van der Waals surface area contributed by atoms with Gasteiger partial charge in [0, 0.05) is 29.3 Å². The van der Waals surface area contributed by atoms with Gasteiger partial charge >= 0.3 is 0 Å². The summed E-state index contributed by atoms with van der Waals surface area (Å²) in [5.41, 5.74) is 15.6. The molecule has 6 nitrogen and oxygen atoms in total. The van der Waals surface area contributed by atoms with Gasteiger partial charge in [0.1, 0.15) is 16.4 Å². The third kappa shape index (κ3) is 2.96. The molecule has 1 unspecified atom stereocenters. The van der Waals surface area contributed by atoms with Crippen LogP contribution in [-0.4, -0.2) is 16.1 Å². The summed E-state index contributed by atoms with van der Waals surface area (Å²) in [7, 11) is 0. The molecule has 0 saturated carbocycles. The van der Waals surface area contributed by atoms with Crippen molar-refractivity contribution in [3.05, 3.63) is 88.5 Å². The van der Waals surface area contributed by atoms with Gasteiger partial charge in [-0.15, -0.1) is 0 Å². The van der Waals surface area contributed by atoms with Crippen LogP contribution >= 0.6 is 11.8 Å². The summed E-state index contributed by atoms with van der Waals surface area (Å²) in [6.45, 7) is 0.316. The largest absolute Gasteiger partial charge is 0.364 e. The number of nitrogens with zero attached hydrogens (tertiary/aromatic N) is 1. The number of amides is 1. The third-order valence-electron chi connectivity index (χ3n) is 4.72. The number of benzene rings is 2. The number of nitrogens with one attached hydrogen (secondary N) is 2. The quantitative estimate of drug-likeness (QED) is 0.531. The van der Waals surface area contributed by atoms with Gasteiger partial charge in [-0.05, 0) is 28.8 Å². The highest BCUT2D eigenvalue weighted by Gasteiger charge is 2.42. The lowest BCUT2D eigenvalue weighted by atomic mass is 9.89. The topological polar surface area (TPSA) is 110 Å². The number of aromatic amines is 1. The molecule has 0 bridgehead atoms. The molecule has 1 aliphatic heterocycles. The lowest BCUT2D eigenvalue weighted by Gasteiger charge is -2.32. The second-order valence-corrected chi connectivity index (χ2v) is 7.44. The molecular weight excluding hydrogens is 377 g/mol. The normalized spacial score (nSPS) is 18.6. The van der Waals surface area contributed by atoms with Gasteiger partial charge < -0.3 is 16.8 Å². The fourth-order valence-corrected chi connectivity index (χ4v) is 4.58. The summed E-state index contributed by atoms with van der Waals surface area (Å²) in [6, 6.07) is 12.2. The fraction of sp³-hybridized carbons (Fsp3) is 0.100. The standard InChI is InChI=1S/C20H18FN5OS/c21-14-5-6-17(16(7-14)15-4-2-1-3-12(15)8-22)20(13-9-24-25-10-13)26-18(11-28-20)19(23)27/h1-7,9-11,26H,8,22H2,(H2,23,27)(H,24,25). The van der Waals surface area contributed by atoms with E-state index in [-0.39, 0.29) is 11.5 Å². The number of nitrogens with two attached hydrogens (primary N) is 2. The van der Waals surface area contributed by atoms with Crippen LogP contribution in [0.1, 0.15) is 16.7 Å². The van der Waals surface area contributed by atoms with E-state index in [4.69, 9.17) is 11.5 Å². The van der Waals surface area contributed by atoms with Crippen LogP contribution in [-0.2, 0) is 16.2 Å². The first-order valence-corrected chi connectivity index (χ1v) is 9.46. The van der Waals surface area contributed by atoms with Gasteiger partial charge in [-0.25, -0.2) is 4.39 Å². The highest BCUT2D eigenvalue weighted by molar-refractivity contribution is 8.03. The molecule has 28 heavy (non-hydrogen) atoms. The van der Waals surface area contributed by atoms with Crippen LogP contribution in [0.3, 0.4) is 0 Å². The molecule has 8 heteroatoms. The van der Waals surface area contributed by atoms with Crippen LogP contribution in [0.15, 0.2) is 66.0 Å². The van der Waals surface area contributed by atoms with Crippen molar-refractivity contribution in [2.75, 3.05) is 0 Å². The summed E-state index contributed by atoms with van der Waals surface area (Å²) in [5.74, 6) is -0.928. The second-order valence-electron chi connectivity index (χ2n) is 6.36. The highest BCUT2D eigenvalue weighted by atomic mass is 32.2. The third-order valence-corrected chi connectivity index (χ3v) is 5.99. The maximum absolute atomic E-state index is 14.3. The highest BCUT2D eigenvalue weighted by Crippen LogP contribution is 2.49. The SMILES string of the molecule is NCc1ccccc1-c1cc(F)ccc1C1(c2cn[nH]c2)NC(C(N)=O)=CS1. The molecule has 1 aromatic heterocycles. The molecule has 1 aliphatic rings. The van der Waals surface area contributed by atoms with Crippen LogP contribution in [0, 0.1) is 5.82 Å². The van der Waals surface area contributed by atoms with Crippen LogP contribution in [0.2, 0.25) is 0 Å². The Hall–Kier alpha value is -3.10. The van der Waals surface area contributed by atoms with Gasteiger partial charge in [-0.2, -0.15) is 5.10 Å². The molecule has 0 aliphatic carbocycles. The minimum Gasteiger partial charge on any atom is -0.364 e. The molecule has 0 fully saturated rings. The summed E-state index contributed by atoms with van der Waals surface area (Å²) >= 11 is 1.38. The van der Waals surface area contributed by atoms with Gasteiger partial charge in [0.05, 0.1) is 6.20 Å². The Bertz CT molecular complexity index is 1070. The molecule has 0 spiro atoms. The molecule has 0 saturated heterocycles. The van der Waals surface area contributed by atoms with E-state index >= 15 is 0 Å². The Labute approximate surface area is 165 Å². The van der Waals surface area contributed by atoms with E-state index in [1.807, 2.05) is 24.3 Å². The number of primary amides is 1. The summed E-state index contributed by atoms with van der Waals surface area (Å²) in [5, 5.41) is 11.8. The monoisotopic (exact) mass is 395 g/mol. The molecule has 4 rings (SSSR count). The van der Waals surface area contributed by atoms with Gasteiger partial charge in [0.25, 0.3) is 5.91 Å². The Kier molecular flexibility index (Phi) is 4.66.